The van der Waals surface area contributed by atoms with Crippen molar-refractivity contribution >= 4 is 17.0 Å². The number of methoxy groups -OCH3 is 1. The molecule has 0 saturated carbocycles. The van der Waals surface area contributed by atoms with Crippen LogP contribution >= 0.6 is 0 Å². The number of carbonyl (C=O) groups is 1. The molecule has 0 aliphatic carbocycles. The summed E-state index contributed by atoms with van der Waals surface area (Å²) < 4.78 is 18.4. The molecule has 1 aromatic heterocycles. The van der Waals surface area contributed by atoms with E-state index in [0.29, 0.717) is 13.2 Å². The maximum absolute atomic E-state index is 12.5. The highest BCUT2D eigenvalue weighted by Crippen LogP contribution is 2.29. The molecule has 27 heavy (non-hydrogen) atoms. The molecule has 0 aliphatic rings. The first-order valence-corrected chi connectivity index (χ1v) is 8.90. The first-order valence-electron chi connectivity index (χ1n) is 8.90. The van der Waals surface area contributed by atoms with Crippen LogP contribution in [0, 0.1) is 0 Å². The van der Waals surface area contributed by atoms with E-state index in [0.717, 1.165) is 27.8 Å². The Hall–Kier alpha value is -2.79. The number of benzene rings is 2. The molecule has 5 nitrogen and oxygen atoms in total. The zero-order chi connectivity index (χ0) is 19.4. The highest BCUT2D eigenvalue weighted by molar-refractivity contribution is 5.91. The molecule has 0 atom stereocenters. The first-order chi connectivity index (χ1) is 12.9. The maximum atomic E-state index is 12.5. The van der Waals surface area contributed by atoms with Crippen LogP contribution in [0.2, 0.25) is 0 Å². The second-order valence-corrected chi connectivity index (χ2v) is 7.39. The Morgan fingerprint density at radius 1 is 1.04 bits per heavy atom. The minimum absolute atomic E-state index is 0.388. The third-order valence-electron chi connectivity index (χ3n) is 4.00. The third kappa shape index (κ3) is 4.68. The van der Waals surface area contributed by atoms with Gasteiger partial charge in [-0.15, -0.1) is 0 Å². The van der Waals surface area contributed by atoms with E-state index >= 15 is 0 Å². The van der Waals surface area contributed by atoms with E-state index in [9.17, 15) is 4.79 Å². The van der Waals surface area contributed by atoms with Crippen LogP contribution in [-0.2, 0) is 22.7 Å². The minimum atomic E-state index is -0.554. The van der Waals surface area contributed by atoms with E-state index in [1.165, 1.54) is 4.57 Å². The van der Waals surface area contributed by atoms with Gasteiger partial charge in [0.2, 0.25) is 0 Å². The molecule has 0 unspecified atom stereocenters. The number of nitrogens with zero attached hydrogens (tertiary/aromatic N) is 1. The molecule has 2 aromatic carbocycles. The van der Waals surface area contributed by atoms with Crippen LogP contribution in [0.4, 0.5) is 4.79 Å². The average molecular weight is 367 g/mol. The topological polar surface area (TPSA) is 49.7 Å². The van der Waals surface area contributed by atoms with Crippen molar-refractivity contribution in [1.82, 2.24) is 4.57 Å². The smallest absolute Gasteiger partial charge is 0.418 e. The molecule has 0 spiro atoms. The molecule has 5 heteroatoms. The highest BCUT2D eigenvalue weighted by atomic mass is 16.6. The Kier molecular flexibility index (Phi) is 5.51. The summed E-state index contributed by atoms with van der Waals surface area (Å²) in [5.41, 5.74) is 2.18. The second-order valence-electron chi connectivity index (χ2n) is 7.39. The summed E-state index contributed by atoms with van der Waals surface area (Å²) in [5, 5.41) is 0.906. The van der Waals surface area contributed by atoms with E-state index in [1.807, 2.05) is 69.3 Å². The monoisotopic (exact) mass is 367 g/mol. The summed E-state index contributed by atoms with van der Waals surface area (Å²) in [4.78, 5) is 12.5. The normalized spacial score (nSPS) is 11.6. The second kappa shape index (κ2) is 7.84. The molecule has 0 bridgehead atoms. The molecule has 0 radical (unpaired) electrons. The van der Waals surface area contributed by atoms with Crippen LogP contribution in [0.3, 0.4) is 0 Å². The zero-order valence-electron chi connectivity index (χ0n) is 16.2. The third-order valence-corrected chi connectivity index (χ3v) is 4.00. The minimum Gasteiger partial charge on any atom is -0.489 e. The number of ether oxygens (including phenoxy) is 3. The molecule has 142 valence electrons. The van der Waals surface area contributed by atoms with Crippen molar-refractivity contribution in [1.29, 1.82) is 0 Å². The Bertz CT molecular complexity index is 923. The van der Waals surface area contributed by atoms with Crippen molar-refractivity contribution in [3.05, 3.63) is 65.9 Å². The SMILES string of the molecule is COCc1cc2c(ccn2C(=O)OC(C)(C)C)cc1OCc1ccccc1. The molecule has 3 aromatic rings. The summed E-state index contributed by atoms with van der Waals surface area (Å²) in [6.07, 6.45) is 1.31. The molecule has 0 aliphatic heterocycles. The Labute approximate surface area is 159 Å². The van der Waals surface area contributed by atoms with Gasteiger partial charge in [-0.3, -0.25) is 4.57 Å². The number of aromatic nitrogens is 1. The van der Waals surface area contributed by atoms with Gasteiger partial charge in [0.15, 0.2) is 0 Å². The van der Waals surface area contributed by atoms with E-state index in [1.54, 1.807) is 13.3 Å². The van der Waals surface area contributed by atoms with Gasteiger partial charge >= 0.3 is 6.09 Å². The van der Waals surface area contributed by atoms with Crippen molar-refractivity contribution in [3.8, 4) is 5.75 Å². The summed E-state index contributed by atoms with van der Waals surface area (Å²) in [6, 6.07) is 15.7. The van der Waals surface area contributed by atoms with Crippen molar-refractivity contribution in [3.63, 3.8) is 0 Å². The van der Waals surface area contributed by atoms with Gasteiger partial charge in [0.05, 0.1) is 12.1 Å². The number of fused-ring (bicyclic) bond motifs is 1. The molecular weight excluding hydrogens is 342 g/mol. The van der Waals surface area contributed by atoms with Crippen LogP contribution in [0.25, 0.3) is 10.9 Å². The number of rotatable bonds is 5. The predicted molar refractivity (Wildman–Crippen MR) is 105 cm³/mol. The largest absolute Gasteiger partial charge is 0.489 e. The van der Waals surface area contributed by atoms with Crippen LogP contribution in [0.15, 0.2) is 54.7 Å². The van der Waals surface area contributed by atoms with Crippen LogP contribution in [-0.4, -0.2) is 23.4 Å². The standard InChI is InChI=1S/C22H25NO4/c1-22(2,3)27-21(24)23-11-10-17-13-20(18(15-25-4)12-19(17)23)26-14-16-8-6-5-7-9-16/h5-13H,14-15H2,1-4H3. The number of carbonyl (C=O) groups excluding carboxylic acids is 1. The number of hydrogen-bond acceptors (Lipinski definition) is 4. The lowest BCUT2D eigenvalue weighted by Gasteiger charge is -2.20. The van der Waals surface area contributed by atoms with Crippen LogP contribution in [0.5, 0.6) is 5.75 Å². The van der Waals surface area contributed by atoms with E-state index < -0.39 is 11.7 Å². The van der Waals surface area contributed by atoms with Gasteiger partial charge in [-0.2, -0.15) is 0 Å². The Morgan fingerprint density at radius 2 is 1.78 bits per heavy atom. The molecule has 0 amide bonds. The quantitative estimate of drug-likeness (QED) is 0.626. The van der Waals surface area contributed by atoms with Crippen molar-refractivity contribution in [2.75, 3.05) is 7.11 Å². The lowest BCUT2D eigenvalue weighted by atomic mass is 10.1. The molecule has 1 heterocycles. The van der Waals surface area contributed by atoms with Crippen molar-refractivity contribution < 1.29 is 19.0 Å². The average Bonchev–Trinajstić information content (AvgIpc) is 3.02. The van der Waals surface area contributed by atoms with E-state index in [4.69, 9.17) is 14.2 Å². The van der Waals surface area contributed by atoms with E-state index in [2.05, 4.69) is 0 Å². The van der Waals surface area contributed by atoms with Crippen molar-refractivity contribution in [2.45, 2.75) is 39.6 Å². The van der Waals surface area contributed by atoms with Gasteiger partial charge in [-0.1, -0.05) is 30.3 Å². The van der Waals surface area contributed by atoms with Crippen molar-refractivity contribution in [2.24, 2.45) is 0 Å². The molecule has 0 saturated heterocycles. The van der Waals surface area contributed by atoms with Gasteiger partial charge < -0.3 is 14.2 Å². The first kappa shape index (κ1) is 19.0. The molecule has 0 N–H and O–H groups in total. The van der Waals surface area contributed by atoms with Crippen LogP contribution in [0.1, 0.15) is 31.9 Å². The van der Waals surface area contributed by atoms with Gasteiger partial charge in [0, 0.05) is 24.3 Å². The predicted octanol–water partition coefficient (Wildman–Crippen LogP) is 5.15. The highest BCUT2D eigenvalue weighted by Gasteiger charge is 2.20. The number of hydrogen-bond donors (Lipinski definition) is 0. The van der Waals surface area contributed by atoms with Gasteiger partial charge in [0.25, 0.3) is 0 Å². The summed E-state index contributed by atoms with van der Waals surface area (Å²) >= 11 is 0. The lowest BCUT2D eigenvalue weighted by Crippen LogP contribution is -2.26. The lowest BCUT2D eigenvalue weighted by molar-refractivity contribution is 0.0544. The maximum Gasteiger partial charge on any atom is 0.418 e. The molecular formula is C22H25NO4. The molecule has 0 fully saturated rings. The van der Waals surface area contributed by atoms with Crippen LogP contribution < -0.4 is 4.74 Å². The summed E-state index contributed by atoms with van der Waals surface area (Å²) in [7, 11) is 1.64. The fraction of sp³-hybridized carbons (Fsp3) is 0.318. The fourth-order valence-electron chi connectivity index (χ4n) is 2.81. The summed E-state index contributed by atoms with van der Waals surface area (Å²) in [6.45, 7) is 6.41. The fourth-order valence-corrected chi connectivity index (χ4v) is 2.81. The Balaban J connectivity index is 1.91. The van der Waals surface area contributed by atoms with Gasteiger partial charge in [-0.25, -0.2) is 4.79 Å². The zero-order valence-corrected chi connectivity index (χ0v) is 16.2. The summed E-state index contributed by atoms with van der Waals surface area (Å²) in [5.74, 6) is 0.746. The van der Waals surface area contributed by atoms with Gasteiger partial charge in [-0.05, 0) is 44.5 Å². The molecule has 3 rings (SSSR count). The Morgan fingerprint density at radius 3 is 2.44 bits per heavy atom. The van der Waals surface area contributed by atoms with Gasteiger partial charge in [0.1, 0.15) is 18.0 Å². The van der Waals surface area contributed by atoms with E-state index in [-0.39, 0.29) is 0 Å².